The standard InChI is InChI=1S/C7H10N2OS/c1-3-4-6(10)7-5(2)8-11-9-7/h3-4H2,1-2H3. The van der Waals surface area contributed by atoms with E-state index in [1.54, 1.807) is 0 Å². The van der Waals surface area contributed by atoms with Gasteiger partial charge in [-0.1, -0.05) is 6.92 Å². The van der Waals surface area contributed by atoms with Crippen molar-refractivity contribution in [2.45, 2.75) is 26.7 Å². The van der Waals surface area contributed by atoms with Crippen LogP contribution in [0.4, 0.5) is 0 Å². The maximum absolute atomic E-state index is 11.2. The first-order chi connectivity index (χ1) is 5.25. The van der Waals surface area contributed by atoms with E-state index < -0.39 is 0 Å². The molecular weight excluding hydrogens is 160 g/mol. The summed E-state index contributed by atoms with van der Waals surface area (Å²) in [5.41, 5.74) is 1.31. The molecule has 0 amide bonds. The van der Waals surface area contributed by atoms with Gasteiger partial charge in [-0.15, -0.1) is 0 Å². The highest BCUT2D eigenvalue weighted by Gasteiger charge is 2.11. The van der Waals surface area contributed by atoms with Crippen molar-refractivity contribution in [2.24, 2.45) is 0 Å². The smallest absolute Gasteiger partial charge is 0.184 e. The Kier molecular flexibility index (Phi) is 2.70. The molecule has 0 saturated heterocycles. The maximum Gasteiger partial charge on any atom is 0.184 e. The third-order valence-electron chi connectivity index (χ3n) is 1.39. The van der Waals surface area contributed by atoms with Crippen molar-refractivity contribution >= 4 is 17.5 Å². The fourth-order valence-electron chi connectivity index (χ4n) is 0.830. The molecule has 11 heavy (non-hydrogen) atoms. The molecule has 4 heteroatoms. The number of aryl methyl sites for hydroxylation is 1. The molecule has 0 saturated carbocycles. The molecule has 1 heterocycles. The van der Waals surface area contributed by atoms with Gasteiger partial charge in [-0.25, -0.2) is 0 Å². The number of Topliss-reactive ketones (excluding diaryl/α,β-unsaturated/α-hetero) is 1. The van der Waals surface area contributed by atoms with E-state index in [0.29, 0.717) is 12.1 Å². The molecule has 0 N–H and O–H groups in total. The first-order valence-corrected chi connectivity index (χ1v) is 4.31. The van der Waals surface area contributed by atoms with Gasteiger partial charge in [-0.05, 0) is 13.3 Å². The molecule has 0 spiro atoms. The van der Waals surface area contributed by atoms with Crippen molar-refractivity contribution in [3.05, 3.63) is 11.4 Å². The lowest BCUT2D eigenvalue weighted by atomic mass is 10.1. The molecule has 1 aromatic rings. The predicted octanol–water partition coefficient (Wildman–Crippen LogP) is 1.83. The van der Waals surface area contributed by atoms with Gasteiger partial charge < -0.3 is 0 Å². The molecule has 0 aliphatic carbocycles. The van der Waals surface area contributed by atoms with Gasteiger partial charge in [0.2, 0.25) is 0 Å². The second-order valence-electron chi connectivity index (χ2n) is 2.37. The van der Waals surface area contributed by atoms with Crippen molar-refractivity contribution in [1.82, 2.24) is 8.75 Å². The molecule has 0 aliphatic heterocycles. The van der Waals surface area contributed by atoms with Crippen LogP contribution in [0.3, 0.4) is 0 Å². The van der Waals surface area contributed by atoms with Crippen molar-refractivity contribution < 1.29 is 4.79 Å². The van der Waals surface area contributed by atoms with Crippen LogP contribution in [0, 0.1) is 6.92 Å². The van der Waals surface area contributed by atoms with Crippen molar-refractivity contribution in [1.29, 1.82) is 0 Å². The molecule has 0 atom stereocenters. The Morgan fingerprint density at radius 3 is 2.73 bits per heavy atom. The highest BCUT2D eigenvalue weighted by Crippen LogP contribution is 2.07. The molecule has 0 aliphatic rings. The molecule has 1 aromatic heterocycles. The minimum atomic E-state index is 0.110. The summed E-state index contributed by atoms with van der Waals surface area (Å²) >= 11 is 1.10. The van der Waals surface area contributed by atoms with E-state index in [1.807, 2.05) is 13.8 Å². The van der Waals surface area contributed by atoms with E-state index in [-0.39, 0.29) is 5.78 Å². The van der Waals surface area contributed by atoms with E-state index in [2.05, 4.69) is 8.75 Å². The molecule has 0 aromatic carbocycles. The van der Waals surface area contributed by atoms with E-state index in [9.17, 15) is 4.79 Å². The number of hydrogen-bond donors (Lipinski definition) is 0. The minimum absolute atomic E-state index is 0.110. The molecule has 0 bridgehead atoms. The van der Waals surface area contributed by atoms with Gasteiger partial charge in [0.05, 0.1) is 17.4 Å². The van der Waals surface area contributed by atoms with Gasteiger partial charge >= 0.3 is 0 Å². The summed E-state index contributed by atoms with van der Waals surface area (Å²) in [5.74, 6) is 0.110. The minimum Gasteiger partial charge on any atom is -0.292 e. The predicted molar refractivity (Wildman–Crippen MR) is 43.9 cm³/mol. The lowest BCUT2D eigenvalue weighted by Crippen LogP contribution is -2.00. The number of carbonyl (C=O) groups excluding carboxylic acids is 1. The Morgan fingerprint density at radius 2 is 2.27 bits per heavy atom. The summed E-state index contributed by atoms with van der Waals surface area (Å²) < 4.78 is 7.84. The number of hydrogen-bond acceptors (Lipinski definition) is 4. The number of carbonyl (C=O) groups is 1. The van der Waals surface area contributed by atoms with Crippen LogP contribution < -0.4 is 0 Å². The van der Waals surface area contributed by atoms with Crippen LogP contribution in [0.25, 0.3) is 0 Å². The third kappa shape index (κ3) is 1.83. The van der Waals surface area contributed by atoms with Crippen LogP contribution in [0.15, 0.2) is 0 Å². The van der Waals surface area contributed by atoms with Gasteiger partial charge in [0, 0.05) is 6.42 Å². The largest absolute Gasteiger partial charge is 0.292 e. The van der Waals surface area contributed by atoms with Crippen LogP contribution >= 0.6 is 11.7 Å². The molecule has 0 radical (unpaired) electrons. The van der Waals surface area contributed by atoms with Crippen LogP contribution in [0.1, 0.15) is 35.9 Å². The molecule has 0 fully saturated rings. The summed E-state index contributed by atoms with van der Waals surface area (Å²) in [4.78, 5) is 11.2. The average Bonchev–Trinajstić information content (AvgIpc) is 2.36. The maximum atomic E-state index is 11.2. The van der Waals surface area contributed by atoms with Gasteiger partial charge in [-0.3, -0.25) is 4.79 Å². The molecular formula is C7H10N2OS. The summed E-state index contributed by atoms with van der Waals surface area (Å²) in [6, 6.07) is 0. The normalized spacial score (nSPS) is 10.0. The first kappa shape index (κ1) is 8.33. The fourth-order valence-corrected chi connectivity index (χ4v) is 1.40. The van der Waals surface area contributed by atoms with Crippen molar-refractivity contribution in [3.63, 3.8) is 0 Å². The van der Waals surface area contributed by atoms with Crippen molar-refractivity contribution in [3.8, 4) is 0 Å². The zero-order valence-electron chi connectivity index (χ0n) is 6.63. The quantitative estimate of drug-likeness (QED) is 0.650. The van der Waals surface area contributed by atoms with Crippen LogP contribution in [0.2, 0.25) is 0 Å². The van der Waals surface area contributed by atoms with E-state index in [0.717, 1.165) is 23.8 Å². The van der Waals surface area contributed by atoms with Gasteiger partial charge in [0.15, 0.2) is 5.78 Å². The monoisotopic (exact) mass is 170 g/mol. The van der Waals surface area contributed by atoms with Crippen molar-refractivity contribution in [2.75, 3.05) is 0 Å². The number of nitrogens with zero attached hydrogens (tertiary/aromatic N) is 2. The van der Waals surface area contributed by atoms with E-state index in [4.69, 9.17) is 0 Å². The highest BCUT2D eigenvalue weighted by atomic mass is 32.1. The lowest BCUT2D eigenvalue weighted by Gasteiger charge is -1.92. The Balaban J connectivity index is 2.76. The summed E-state index contributed by atoms with van der Waals surface area (Å²) in [6.07, 6.45) is 1.45. The second-order valence-corrected chi connectivity index (χ2v) is 2.90. The summed E-state index contributed by atoms with van der Waals surface area (Å²) in [7, 11) is 0. The number of rotatable bonds is 3. The van der Waals surface area contributed by atoms with Gasteiger partial charge in [-0.2, -0.15) is 8.75 Å². The highest BCUT2D eigenvalue weighted by molar-refractivity contribution is 6.99. The SMILES string of the molecule is CCCC(=O)c1nsnc1C. The Morgan fingerprint density at radius 1 is 1.55 bits per heavy atom. The zero-order valence-corrected chi connectivity index (χ0v) is 7.44. The van der Waals surface area contributed by atoms with Gasteiger partial charge in [0.25, 0.3) is 0 Å². The Hall–Kier alpha value is -0.770. The summed E-state index contributed by atoms with van der Waals surface area (Å²) in [6.45, 7) is 3.79. The van der Waals surface area contributed by atoms with E-state index >= 15 is 0 Å². The van der Waals surface area contributed by atoms with E-state index in [1.165, 1.54) is 0 Å². The molecule has 60 valence electrons. The van der Waals surface area contributed by atoms with Crippen LogP contribution in [-0.2, 0) is 0 Å². The topological polar surface area (TPSA) is 42.9 Å². The Bertz CT molecular complexity index is 257. The Labute approximate surface area is 69.8 Å². The number of aromatic nitrogens is 2. The van der Waals surface area contributed by atoms with Crippen LogP contribution in [-0.4, -0.2) is 14.5 Å². The lowest BCUT2D eigenvalue weighted by molar-refractivity contribution is 0.0977. The van der Waals surface area contributed by atoms with Gasteiger partial charge in [0.1, 0.15) is 5.69 Å². The average molecular weight is 170 g/mol. The third-order valence-corrected chi connectivity index (χ3v) is 2.01. The molecule has 1 rings (SSSR count). The molecule has 0 unspecified atom stereocenters. The second kappa shape index (κ2) is 3.57. The molecule has 3 nitrogen and oxygen atoms in total. The number of ketones is 1. The summed E-state index contributed by atoms with van der Waals surface area (Å²) in [5, 5.41) is 0. The fraction of sp³-hybridized carbons (Fsp3) is 0.571. The zero-order chi connectivity index (χ0) is 8.27. The first-order valence-electron chi connectivity index (χ1n) is 3.58. The van der Waals surface area contributed by atoms with Crippen LogP contribution in [0.5, 0.6) is 0 Å².